The zero-order chi connectivity index (χ0) is 16.2. The van der Waals surface area contributed by atoms with Crippen LogP contribution in [0.2, 0.25) is 0 Å². The molecule has 8 heteroatoms. The molecule has 0 aliphatic carbocycles. The van der Waals surface area contributed by atoms with Crippen LogP contribution in [0.4, 0.5) is 17.2 Å². The molecule has 2 N–H and O–H groups in total. The van der Waals surface area contributed by atoms with E-state index in [4.69, 9.17) is 5.26 Å². The number of nitriles is 1. The molecule has 114 valence electrons. The smallest absolute Gasteiger partial charge is 0.302 e. The number of hydrogen-bond donors (Lipinski definition) is 2. The Bertz CT molecular complexity index is 777. The first-order valence-electron chi connectivity index (χ1n) is 6.34. The summed E-state index contributed by atoms with van der Waals surface area (Å²) in [7, 11) is -0.694. The summed E-state index contributed by atoms with van der Waals surface area (Å²) in [4.78, 5) is 4.04. The van der Waals surface area contributed by atoms with Gasteiger partial charge in [-0.25, -0.2) is 4.98 Å². The molecule has 1 aromatic carbocycles. The van der Waals surface area contributed by atoms with Crippen molar-refractivity contribution < 1.29 is 8.42 Å². The molecule has 0 aliphatic rings. The van der Waals surface area contributed by atoms with Crippen molar-refractivity contribution in [3.05, 3.63) is 48.2 Å². The minimum atomic E-state index is -3.56. The Morgan fingerprint density at radius 3 is 2.23 bits per heavy atom. The first kappa shape index (κ1) is 15.8. The molecule has 22 heavy (non-hydrogen) atoms. The molecule has 0 amide bonds. The summed E-state index contributed by atoms with van der Waals surface area (Å²) < 4.78 is 26.8. The Balaban J connectivity index is 2.07. The van der Waals surface area contributed by atoms with Crippen molar-refractivity contribution in [1.82, 2.24) is 9.29 Å². The minimum absolute atomic E-state index is 0.235. The van der Waals surface area contributed by atoms with Gasteiger partial charge in [0, 0.05) is 19.8 Å². The SMILES string of the molecule is CN(C)S(=O)(=O)Nc1ccc(Nc2ccc(C#N)cc2)cn1. The normalized spacial score (nSPS) is 11.0. The fourth-order valence-corrected chi connectivity index (χ4v) is 2.11. The van der Waals surface area contributed by atoms with E-state index >= 15 is 0 Å². The maximum absolute atomic E-state index is 11.7. The van der Waals surface area contributed by atoms with Gasteiger partial charge in [0.2, 0.25) is 0 Å². The average Bonchev–Trinajstić information content (AvgIpc) is 2.49. The molecule has 0 saturated carbocycles. The fourth-order valence-electron chi connectivity index (χ4n) is 1.55. The van der Waals surface area contributed by atoms with Gasteiger partial charge in [0.15, 0.2) is 0 Å². The van der Waals surface area contributed by atoms with Crippen LogP contribution in [0.1, 0.15) is 5.56 Å². The summed E-state index contributed by atoms with van der Waals surface area (Å²) in [5, 5.41) is 11.8. The standard InChI is InChI=1S/C14H15N5O2S/c1-19(2)22(20,21)18-14-8-7-13(10-16-14)17-12-5-3-11(9-15)4-6-12/h3-8,10,17H,1-2H3,(H,16,18). The monoisotopic (exact) mass is 317 g/mol. The first-order valence-corrected chi connectivity index (χ1v) is 7.78. The summed E-state index contributed by atoms with van der Waals surface area (Å²) >= 11 is 0. The molecule has 0 fully saturated rings. The molecule has 0 bridgehead atoms. The maximum Gasteiger partial charge on any atom is 0.302 e. The highest BCUT2D eigenvalue weighted by Gasteiger charge is 2.13. The van der Waals surface area contributed by atoms with Crippen molar-refractivity contribution >= 4 is 27.4 Å². The lowest BCUT2D eigenvalue weighted by atomic mass is 10.2. The van der Waals surface area contributed by atoms with Crippen LogP contribution in [0.5, 0.6) is 0 Å². The highest BCUT2D eigenvalue weighted by molar-refractivity contribution is 7.90. The van der Waals surface area contributed by atoms with Gasteiger partial charge in [0.1, 0.15) is 5.82 Å². The number of anilines is 3. The summed E-state index contributed by atoms with van der Waals surface area (Å²) in [5.74, 6) is 0.235. The summed E-state index contributed by atoms with van der Waals surface area (Å²) in [5.41, 5.74) is 2.09. The van der Waals surface area contributed by atoms with E-state index in [9.17, 15) is 8.42 Å². The predicted molar refractivity (Wildman–Crippen MR) is 84.9 cm³/mol. The van der Waals surface area contributed by atoms with E-state index in [2.05, 4.69) is 15.0 Å². The largest absolute Gasteiger partial charge is 0.354 e. The number of aromatic nitrogens is 1. The van der Waals surface area contributed by atoms with Crippen LogP contribution in [0.3, 0.4) is 0 Å². The number of pyridine rings is 1. The number of rotatable bonds is 5. The second-order valence-corrected chi connectivity index (χ2v) is 6.52. The van der Waals surface area contributed by atoms with Crippen molar-refractivity contribution in [3.63, 3.8) is 0 Å². The van der Waals surface area contributed by atoms with Crippen molar-refractivity contribution in [2.24, 2.45) is 0 Å². The highest BCUT2D eigenvalue weighted by atomic mass is 32.2. The van der Waals surface area contributed by atoms with Crippen LogP contribution >= 0.6 is 0 Å². The molecular formula is C14H15N5O2S. The van der Waals surface area contributed by atoms with E-state index in [1.54, 1.807) is 36.4 Å². The lowest BCUT2D eigenvalue weighted by Gasteiger charge is -2.13. The van der Waals surface area contributed by atoms with Crippen molar-refractivity contribution in [3.8, 4) is 6.07 Å². The Morgan fingerprint density at radius 2 is 1.73 bits per heavy atom. The second-order valence-electron chi connectivity index (χ2n) is 4.64. The van der Waals surface area contributed by atoms with E-state index < -0.39 is 10.2 Å². The van der Waals surface area contributed by atoms with Gasteiger partial charge >= 0.3 is 10.2 Å². The minimum Gasteiger partial charge on any atom is -0.354 e. The quantitative estimate of drug-likeness (QED) is 0.878. The van der Waals surface area contributed by atoms with Crippen LogP contribution in [-0.4, -0.2) is 31.8 Å². The van der Waals surface area contributed by atoms with Crippen LogP contribution in [0.25, 0.3) is 0 Å². The van der Waals surface area contributed by atoms with E-state index in [1.165, 1.54) is 20.3 Å². The number of nitrogens with zero attached hydrogens (tertiary/aromatic N) is 3. The Kier molecular flexibility index (Phi) is 4.60. The summed E-state index contributed by atoms with van der Waals surface area (Å²) in [6.07, 6.45) is 1.52. The van der Waals surface area contributed by atoms with Gasteiger partial charge in [-0.2, -0.15) is 18.0 Å². The van der Waals surface area contributed by atoms with E-state index in [0.29, 0.717) is 11.3 Å². The lowest BCUT2D eigenvalue weighted by molar-refractivity contribution is 0.526. The highest BCUT2D eigenvalue weighted by Crippen LogP contribution is 2.18. The van der Waals surface area contributed by atoms with Gasteiger partial charge in [-0.3, -0.25) is 4.72 Å². The lowest BCUT2D eigenvalue weighted by Crippen LogP contribution is -2.29. The van der Waals surface area contributed by atoms with Crippen molar-refractivity contribution in [1.29, 1.82) is 5.26 Å². The topological polar surface area (TPSA) is 98.1 Å². The predicted octanol–water partition coefficient (Wildman–Crippen LogP) is 1.92. The third-order valence-corrected chi connectivity index (χ3v) is 4.21. The van der Waals surface area contributed by atoms with Crippen molar-refractivity contribution in [2.75, 3.05) is 24.1 Å². The number of nitrogens with one attached hydrogen (secondary N) is 2. The zero-order valence-corrected chi connectivity index (χ0v) is 12.9. The fraction of sp³-hybridized carbons (Fsp3) is 0.143. The van der Waals surface area contributed by atoms with Crippen LogP contribution in [-0.2, 0) is 10.2 Å². The Hall–Kier alpha value is -2.63. The second kappa shape index (κ2) is 6.43. The number of benzene rings is 1. The van der Waals surface area contributed by atoms with E-state index in [0.717, 1.165) is 9.99 Å². The molecule has 0 radical (unpaired) electrons. The average molecular weight is 317 g/mol. The number of hydrogen-bond acceptors (Lipinski definition) is 5. The Labute approximate surface area is 129 Å². The first-order chi connectivity index (χ1) is 10.4. The molecule has 0 unspecified atom stereocenters. The van der Waals surface area contributed by atoms with Gasteiger partial charge in [0.05, 0.1) is 23.5 Å². The van der Waals surface area contributed by atoms with Gasteiger partial charge in [-0.1, -0.05) is 0 Å². The molecule has 0 spiro atoms. The van der Waals surface area contributed by atoms with Crippen LogP contribution in [0, 0.1) is 11.3 Å². The molecule has 7 nitrogen and oxygen atoms in total. The van der Waals surface area contributed by atoms with Gasteiger partial charge in [0.25, 0.3) is 0 Å². The molecule has 0 atom stereocenters. The third-order valence-electron chi connectivity index (χ3n) is 2.78. The zero-order valence-electron chi connectivity index (χ0n) is 12.1. The van der Waals surface area contributed by atoms with Gasteiger partial charge in [-0.05, 0) is 36.4 Å². The summed E-state index contributed by atoms with van der Waals surface area (Å²) in [6, 6.07) is 12.3. The molecule has 1 aromatic heterocycles. The maximum atomic E-state index is 11.7. The van der Waals surface area contributed by atoms with Crippen molar-refractivity contribution in [2.45, 2.75) is 0 Å². The third kappa shape index (κ3) is 3.94. The summed E-state index contributed by atoms with van der Waals surface area (Å²) in [6.45, 7) is 0. The molecule has 1 heterocycles. The molecule has 0 aliphatic heterocycles. The van der Waals surface area contributed by atoms with Gasteiger partial charge in [-0.15, -0.1) is 0 Å². The molecule has 2 aromatic rings. The molecular weight excluding hydrogens is 302 g/mol. The van der Waals surface area contributed by atoms with Crippen LogP contribution < -0.4 is 10.0 Å². The molecule has 2 rings (SSSR count). The Morgan fingerprint density at radius 1 is 1.09 bits per heavy atom. The van der Waals surface area contributed by atoms with E-state index in [-0.39, 0.29) is 5.82 Å². The van der Waals surface area contributed by atoms with E-state index in [1.807, 2.05) is 6.07 Å². The molecule has 0 saturated heterocycles. The van der Waals surface area contributed by atoms with Crippen LogP contribution in [0.15, 0.2) is 42.6 Å². The van der Waals surface area contributed by atoms with Gasteiger partial charge < -0.3 is 5.32 Å².